The van der Waals surface area contributed by atoms with Gasteiger partial charge in [0, 0.05) is 30.6 Å². The van der Waals surface area contributed by atoms with Crippen LogP contribution in [0.3, 0.4) is 0 Å². The van der Waals surface area contributed by atoms with E-state index in [1.54, 1.807) is 0 Å². The summed E-state index contributed by atoms with van der Waals surface area (Å²) in [5.74, 6) is 0.806. The summed E-state index contributed by atoms with van der Waals surface area (Å²) in [5.41, 5.74) is 4.44. The normalized spacial score (nSPS) is 14.9. The molecule has 0 aliphatic carbocycles. The molecule has 0 radical (unpaired) electrons. The van der Waals surface area contributed by atoms with E-state index < -0.39 is 0 Å². The van der Waals surface area contributed by atoms with E-state index in [1.807, 2.05) is 13.8 Å². The summed E-state index contributed by atoms with van der Waals surface area (Å²) >= 11 is 1.47. The molecule has 1 aliphatic heterocycles. The summed E-state index contributed by atoms with van der Waals surface area (Å²) in [5, 5.41) is 4.17. The fourth-order valence-electron chi connectivity index (χ4n) is 4.27. The number of carbonyl (C=O) groups is 1. The third-order valence-electron chi connectivity index (χ3n) is 5.94. The number of hydrogen-bond donors (Lipinski definition) is 1. The first-order chi connectivity index (χ1) is 14.6. The van der Waals surface area contributed by atoms with Crippen LogP contribution in [0.25, 0.3) is 10.2 Å². The number of fused-ring (bicyclic) bond motifs is 1. The van der Waals surface area contributed by atoms with E-state index in [2.05, 4.69) is 51.4 Å². The molecule has 0 unspecified atom stereocenters. The highest BCUT2D eigenvalue weighted by atomic mass is 32.1. The predicted molar refractivity (Wildman–Crippen MR) is 123 cm³/mol. The number of nitrogens with one attached hydrogen (secondary N) is 1. The summed E-state index contributed by atoms with van der Waals surface area (Å²) in [6, 6.07) is 8.46. The molecule has 0 atom stereocenters. The third-order valence-corrected chi connectivity index (χ3v) is 7.12. The van der Waals surface area contributed by atoms with Crippen molar-refractivity contribution in [2.45, 2.75) is 59.5 Å². The summed E-state index contributed by atoms with van der Waals surface area (Å²) in [6.07, 6.45) is 4.70. The minimum absolute atomic E-state index is 0.0271. The van der Waals surface area contributed by atoms with Crippen molar-refractivity contribution in [3.8, 4) is 0 Å². The van der Waals surface area contributed by atoms with Crippen molar-refractivity contribution in [2.75, 3.05) is 13.1 Å². The van der Waals surface area contributed by atoms with Gasteiger partial charge >= 0.3 is 0 Å². The Bertz CT molecular complexity index is 1050. The molecule has 4 rings (SSSR count). The van der Waals surface area contributed by atoms with E-state index >= 15 is 0 Å². The van der Waals surface area contributed by atoms with E-state index in [0.717, 1.165) is 45.1 Å². The number of likely N-dealkylation sites (tertiary alicyclic amines) is 1. The molecule has 0 saturated carbocycles. The van der Waals surface area contributed by atoms with Crippen molar-refractivity contribution in [3.63, 3.8) is 0 Å². The van der Waals surface area contributed by atoms with Crippen LogP contribution >= 0.6 is 11.3 Å². The van der Waals surface area contributed by atoms with Crippen molar-refractivity contribution in [1.82, 2.24) is 20.2 Å². The SMILES string of the molecule is CCc1nc(C)c2c(C)c(C(=O)NCc3ccccc3CN3CCCCC3)sc2n1. The van der Waals surface area contributed by atoms with Gasteiger partial charge in [-0.25, -0.2) is 9.97 Å². The van der Waals surface area contributed by atoms with Gasteiger partial charge in [0.15, 0.2) is 0 Å². The number of hydrogen-bond acceptors (Lipinski definition) is 5. The maximum Gasteiger partial charge on any atom is 0.261 e. The topological polar surface area (TPSA) is 58.1 Å². The van der Waals surface area contributed by atoms with Gasteiger partial charge in [-0.2, -0.15) is 0 Å². The zero-order chi connectivity index (χ0) is 21.1. The quantitative estimate of drug-likeness (QED) is 0.621. The highest BCUT2D eigenvalue weighted by Gasteiger charge is 2.19. The van der Waals surface area contributed by atoms with E-state index in [4.69, 9.17) is 0 Å². The van der Waals surface area contributed by atoms with Gasteiger partial charge in [-0.05, 0) is 56.5 Å². The smallest absolute Gasteiger partial charge is 0.261 e. The Hall–Kier alpha value is -2.31. The number of thiophene rings is 1. The predicted octanol–water partition coefficient (Wildman–Crippen LogP) is 4.79. The molecule has 158 valence electrons. The molecule has 2 aromatic heterocycles. The van der Waals surface area contributed by atoms with Gasteiger partial charge in [0.25, 0.3) is 5.91 Å². The zero-order valence-corrected chi connectivity index (χ0v) is 18.9. The Morgan fingerprint density at radius 1 is 1.10 bits per heavy atom. The Kier molecular flexibility index (Phi) is 6.44. The maximum absolute atomic E-state index is 13.0. The Labute approximate surface area is 182 Å². The van der Waals surface area contributed by atoms with Crippen molar-refractivity contribution < 1.29 is 4.79 Å². The molecule has 0 bridgehead atoms. The first-order valence-corrected chi connectivity index (χ1v) is 11.7. The molecule has 5 nitrogen and oxygen atoms in total. The molecule has 1 fully saturated rings. The average Bonchev–Trinajstić information content (AvgIpc) is 3.10. The van der Waals surface area contributed by atoms with E-state index in [9.17, 15) is 4.79 Å². The van der Waals surface area contributed by atoms with Gasteiger partial charge in [0.05, 0.1) is 4.88 Å². The second-order valence-electron chi connectivity index (χ2n) is 8.10. The second-order valence-corrected chi connectivity index (χ2v) is 9.10. The van der Waals surface area contributed by atoms with Crippen LogP contribution in [0.1, 0.15) is 64.1 Å². The maximum atomic E-state index is 13.0. The van der Waals surface area contributed by atoms with E-state index in [-0.39, 0.29) is 5.91 Å². The Morgan fingerprint density at radius 3 is 2.57 bits per heavy atom. The summed E-state index contributed by atoms with van der Waals surface area (Å²) in [7, 11) is 0. The summed E-state index contributed by atoms with van der Waals surface area (Å²) in [6.45, 7) is 9.89. The van der Waals surface area contributed by atoms with Crippen molar-refractivity contribution in [2.24, 2.45) is 0 Å². The highest BCUT2D eigenvalue weighted by molar-refractivity contribution is 7.20. The summed E-state index contributed by atoms with van der Waals surface area (Å²) < 4.78 is 0. The molecule has 6 heteroatoms. The third kappa shape index (κ3) is 4.40. The number of amides is 1. The minimum atomic E-state index is -0.0271. The molecule has 30 heavy (non-hydrogen) atoms. The van der Waals surface area contributed by atoms with Gasteiger partial charge < -0.3 is 5.32 Å². The summed E-state index contributed by atoms with van der Waals surface area (Å²) in [4.78, 5) is 26.4. The van der Waals surface area contributed by atoms with Crippen molar-refractivity contribution in [1.29, 1.82) is 0 Å². The molecule has 1 N–H and O–H groups in total. The molecule has 1 saturated heterocycles. The van der Waals surface area contributed by atoms with Crippen molar-refractivity contribution >= 4 is 27.5 Å². The second kappa shape index (κ2) is 9.23. The molecule has 1 amide bonds. The molecule has 3 heterocycles. The van der Waals surface area contributed by atoms with Crippen LogP contribution in [-0.2, 0) is 19.5 Å². The Morgan fingerprint density at radius 2 is 1.83 bits per heavy atom. The molecule has 3 aromatic rings. The first kappa shape index (κ1) is 20.9. The number of rotatable bonds is 6. The lowest BCUT2D eigenvalue weighted by Gasteiger charge is -2.27. The van der Waals surface area contributed by atoms with Crippen LogP contribution in [0.2, 0.25) is 0 Å². The van der Waals surface area contributed by atoms with Gasteiger partial charge in [-0.1, -0.05) is 37.6 Å². The first-order valence-electron chi connectivity index (χ1n) is 10.9. The fraction of sp³-hybridized carbons (Fsp3) is 0.458. The number of aromatic nitrogens is 2. The minimum Gasteiger partial charge on any atom is -0.347 e. The van der Waals surface area contributed by atoms with Crippen LogP contribution in [0.5, 0.6) is 0 Å². The molecule has 0 spiro atoms. The number of benzene rings is 1. The number of aryl methyl sites for hydroxylation is 3. The van der Waals surface area contributed by atoms with Gasteiger partial charge in [-0.3, -0.25) is 9.69 Å². The van der Waals surface area contributed by atoms with Gasteiger partial charge in [-0.15, -0.1) is 11.3 Å². The Balaban J connectivity index is 1.50. The highest BCUT2D eigenvalue weighted by Crippen LogP contribution is 2.31. The van der Waals surface area contributed by atoms with Crippen LogP contribution in [0.15, 0.2) is 24.3 Å². The van der Waals surface area contributed by atoms with Gasteiger partial charge in [0.2, 0.25) is 0 Å². The van der Waals surface area contributed by atoms with E-state index in [0.29, 0.717) is 6.54 Å². The largest absolute Gasteiger partial charge is 0.347 e. The number of nitrogens with zero attached hydrogens (tertiary/aromatic N) is 3. The lowest BCUT2D eigenvalue weighted by atomic mass is 10.0. The standard InChI is InChI=1S/C24H30N4OS/c1-4-20-26-17(3)21-16(2)22(30-24(21)27-20)23(29)25-14-18-10-6-7-11-19(18)15-28-12-8-5-9-13-28/h6-7,10-11H,4-5,8-9,12-15H2,1-3H3,(H,25,29). The number of carbonyl (C=O) groups excluding carboxylic acids is 1. The fourth-order valence-corrected chi connectivity index (χ4v) is 5.44. The van der Waals surface area contributed by atoms with Crippen LogP contribution in [0.4, 0.5) is 0 Å². The van der Waals surface area contributed by atoms with Gasteiger partial charge in [0.1, 0.15) is 10.7 Å². The average molecular weight is 423 g/mol. The van der Waals surface area contributed by atoms with Crippen LogP contribution in [-0.4, -0.2) is 33.9 Å². The zero-order valence-electron chi connectivity index (χ0n) is 18.1. The van der Waals surface area contributed by atoms with Crippen molar-refractivity contribution in [3.05, 3.63) is 57.4 Å². The lowest BCUT2D eigenvalue weighted by molar-refractivity contribution is 0.0954. The van der Waals surface area contributed by atoms with Crippen LogP contribution in [0, 0.1) is 13.8 Å². The lowest BCUT2D eigenvalue weighted by Crippen LogP contribution is -2.30. The van der Waals surface area contributed by atoms with E-state index in [1.165, 1.54) is 54.8 Å². The molecular weight excluding hydrogens is 392 g/mol. The monoisotopic (exact) mass is 422 g/mol. The molecule has 1 aliphatic rings. The number of piperidine rings is 1. The van der Waals surface area contributed by atoms with Crippen LogP contribution < -0.4 is 5.32 Å². The molecule has 1 aromatic carbocycles. The molecular formula is C24H30N4OS.